The van der Waals surface area contributed by atoms with E-state index in [1.165, 1.54) is 0 Å². The Hall–Kier alpha value is -1.52. The van der Waals surface area contributed by atoms with Crippen molar-refractivity contribution in [2.24, 2.45) is 0 Å². The summed E-state index contributed by atoms with van der Waals surface area (Å²) in [4.78, 5) is 22.0. The minimum Gasteiger partial charge on any atom is -0.481 e. The molecule has 0 aliphatic carbocycles. The zero-order valence-corrected chi connectivity index (χ0v) is 9.82. The van der Waals surface area contributed by atoms with Crippen molar-refractivity contribution in [1.29, 1.82) is 0 Å². The number of carboxylic acids is 1. The molecule has 0 aromatic rings. The molecule has 0 heterocycles. The van der Waals surface area contributed by atoms with E-state index in [1.54, 1.807) is 13.0 Å². The molecule has 0 aliphatic rings. The smallest absolute Gasteiger partial charge is 0.315 e. The minimum absolute atomic E-state index is 0.0519. The van der Waals surface area contributed by atoms with Gasteiger partial charge in [0.25, 0.3) is 0 Å². The monoisotopic (exact) mass is 228 g/mol. The number of hydrogen-bond donors (Lipinski definition) is 3. The fourth-order valence-electron chi connectivity index (χ4n) is 1.28. The summed E-state index contributed by atoms with van der Waals surface area (Å²) >= 11 is 0. The lowest BCUT2D eigenvalue weighted by Crippen LogP contribution is -2.45. The molecule has 0 saturated heterocycles. The topological polar surface area (TPSA) is 78.4 Å². The van der Waals surface area contributed by atoms with Gasteiger partial charge in [0.1, 0.15) is 0 Å². The number of hydrogen-bond acceptors (Lipinski definition) is 2. The number of carboxylic acid groups (broad SMARTS) is 1. The Balaban J connectivity index is 4.11. The highest BCUT2D eigenvalue weighted by molar-refractivity contribution is 5.76. The highest BCUT2D eigenvalue weighted by Crippen LogP contribution is 2.01. The highest BCUT2D eigenvalue weighted by atomic mass is 16.4. The summed E-state index contributed by atoms with van der Waals surface area (Å²) in [5.74, 6) is -0.907. The minimum atomic E-state index is -0.907. The molecule has 0 spiro atoms. The van der Waals surface area contributed by atoms with Gasteiger partial charge < -0.3 is 15.7 Å². The van der Waals surface area contributed by atoms with Gasteiger partial charge in [0, 0.05) is 12.1 Å². The van der Waals surface area contributed by atoms with E-state index in [-0.39, 0.29) is 24.5 Å². The maximum absolute atomic E-state index is 11.4. The van der Waals surface area contributed by atoms with Crippen molar-refractivity contribution in [3.05, 3.63) is 12.7 Å². The predicted octanol–water partition coefficient (Wildman–Crippen LogP) is 1.50. The van der Waals surface area contributed by atoms with Gasteiger partial charge in [-0.2, -0.15) is 0 Å². The molecule has 0 radical (unpaired) electrons. The first kappa shape index (κ1) is 14.5. The van der Waals surface area contributed by atoms with Gasteiger partial charge in [-0.15, -0.1) is 6.58 Å². The fourth-order valence-corrected chi connectivity index (χ4v) is 1.28. The number of amides is 2. The standard InChI is InChI=1S/C11H20N2O3/c1-4-6-9(7-10(14)15)13-11(16)12-8(3)5-2/h5,8-9H,2,4,6-7H2,1,3H3,(H,14,15)(H2,12,13,16). The second-order valence-corrected chi connectivity index (χ2v) is 3.73. The van der Waals surface area contributed by atoms with Crippen molar-refractivity contribution < 1.29 is 14.7 Å². The quantitative estimate of drug-likeness (QED) is 0.578. The molecule has 3 N–H and O–H groups in total. The average molecular weight is 228 g/mol. The molecule has 5 nitrogen and oxygen atoms in total. The summed E-state index contributed by atoms with van der Waals surface area (Å²) < 4.78 is 0. The van der Waals surface area contributed by atoms with Gasteiger partial charge in [-0.05, 0) is 13.3 Å². The predicted molar refractivity (Wildman–Crippen MR) is 62.3 cm³/mol. The van der Waals surface area contributed by atoms with Crippen LogP contribution in [-0.4, -0.2) is 29.2 Å². The normalized spacial score (nSPS) is 13.6. The van der Waals surface area contributed by atoms with Crippen molar-refractivity contribution in [3.63, 3.8) is 0 Å². The second-order valence-electron chi connectivity index (χ2n) is 3.73. The highest BCUT2D eigenvalue weighted by Gasteiger charge is 2.15. The van der Waals surface area contributed by atoms with Crippen LogP contribution in [0, 0.1) is 0 Å². The third-order valence-electron chi connectivity index (χ3n) is 2.11. The van der Waals surface area contributed by atoms with E-state index in [4.69, 9.17) is 5.11 Å². The third-order valence-corrected chi connectivity index (χ3v) is 2.11. The number of aliphatic carboxylic acids is 1. The van der Waals surface area contributed by atoms with Crippen LogP contribution < -0.4 is 10.6 Å². The molecule has 0 fully saturated rings. The van der Waals surface area contributed by atoms with Crippen LogP contribution in [0.15, 0.2) is 12.7 Å². The molecule has 0 bridgehead atoms. The van der Waals surface area contributed by atoms with E-state index in [1.807, 2.05) is 6.92 Å². The van der Waals surface area contributed by atoms with Crippen LogP contribution >= 0.6 is 0 Å². The number of rotatable bonds is 7. The van der Waals surface area contributed by atoms with Crippen LogP contribution in [0.5, 0.6) is 0 Å². The molecule has 0 saturated carbocycles. The molecular formula is C11H20N2O3. The Labute approximate surface area is 95.9 Å². The molecule has 2 unspecified atom stereocenters. The molecule has 2 atom stereocenters. The van der Waals surface area contributed by atoms with Crippen molar-refractivity contribution in [2.45, 2.75) is 45.2 Å². The Morgan fingerprint density at radius 1 is 1.44 bits per heavy atom. The van der Waals surface area contributed by atoms with Gasteiger partial charge in [0.05, 0.1) is 6.42 Å². The van der Waals surface area contributed by atoms with Crippen LogP contribution in [0.4, 0.5) is 4.79 Å². The van der Waals surface area contributed by atoms with E-state index in [0.717, 1.165) is 6.42 Å². The molecular weight excluding hydrogens is 208 g/mol. The van der Waals surface area contributed by atoms with Gasteiger partial charge in [-0.3, -0.25) is 4.79 Å². The Morgan fingerprint density at radius 3 is 2.50 bits per heavy atom. The van der Waals surface area contributed by atoms with Gasteiger partial charge in [0.15, 0.2) is 0 Å². The molecule has 2 amide bonds. The maximum atomic E-state index is 11.4. The van der Waals surface area contributed by atoms with Crippen molar-refractivity contribution in [2.75, 3.05) is 0 Å². The van der Waals surface area contributed by atoms with Crippen LogP contribution in [0.1, 0.15) is 33.1 Å². The Bertz CT molecular complexity index is 254. The van der Waals surface area contributed by atoms with Crippen LogP contribution in [-0.2, 0) is 4.79 Å². The molecule has 0 rings (SSSR count). The SMILES string of the molecule is C=CC(C)NC(=O)NC(CCC)CC(=O)O. The first-order chi connectivity index (χ1) is 7.49. The first-order valence-corrected chi connectivity index (χ1v) is 5.41. The van der Waals surface area contributed by atoms with Crippen molar-refractivity contribution in [1.82, 2.24) is 10.6 Å². The lowest BCUT2D eigenvalue weighted by molar-refractivity contribution is -0.137. The van der Waals surface area contributed by atoms with E-state index in [9.17, 15) is 9.59 Å². The van der Waals surface area contributed by atoms with Gasteiger partial charge in [-0.1, -0.05) is 19.4 Å². The third kappa shape index (κ3) is 6.86. The molecule has 5 heteroatoms. The summed E-state index contributed by atoms with van der Waals surface area (Å²) in [5.41, 5.74) is 0. The van der Waals surface area contributed by atoms with Crippen LogP contribution in [0.25, 0.3) is 0 Å². The van der Waals surface area contributed by atoms with Gasteiger partial charge >= 0.3 is 12.0 Å². The lowest BCUT2D eigenvalue weighted by Gasteiger charge is -2.18. The van der Waals surface area contributed by atoms with Crippen LogP contribution in [0.2, 0.25) is 0 Å². The zero-order valence-electron chi connectivity index (χ0n) is 9.82. The number of carbonyl (C=O) groups is 2. The van der Waals surface area contributed by atoms with E-state index < -0.39 is 5.97 Å². The summed E-state index contributed by atoms with van der Waals surface area (Å²) in [6, 6.07) is -0.807. The van der Waals surface area contributed by atoms with Crippen molar-refractivity contribution >= 4 is 12.0 Å². The first-order valence-electron chi connectivity index (χ1n) is 5.41. The Kier molecular flexibility index (Phi) is 7.00. The largest absolute Gasteiger partial charge is 0.481 e. The van der Waals surface area contributed by atoms with E-state index in [0.29, 0.717) is 6.42 Å². The molecule has 0 aliphatic heterocycles. The molecule has 16 heavy (non-hydrogen) atoms. The van der Waals surface area contributed by atoms with Gasteiger partial charge in [0.2, 0.25) is 0 Å². The summed E-state index contributed by atoms with van der Waals surface area (Å²) in [5, 5.41) is 13.9. The molecule has 92 valence electrons. The summed E-state index contributed by atoms with van der Waals surface area (Å²) in [6.45, 7) is 7.28. The summed E-state index contributed by atoms with van der Waals surface area (Å²) in [7, 11) is 0. The second kappa shape index (κ2) is 7.73. The number of nitrogens with one attached hydrogen (secondary N) is 2. The van der Waals surface area contributed by atoms with E-state index >= 15 is 0 Å². The average Bonchev–Trinajstić information content (AvgIpc) is 2.16. The molecule has 0 aromatic carbocycles. The van der Waals surface area contributed by atoms with Gasteiger partial charge in [-0.25, -0.2) is 4.79 Å². The number of carbonyl (C=O) groups excluding carboxylic acids is 1. The number of urea groups is 1. The Morgan fingerprint density at radius 2 is 2.06 bits per heavy atom. The zero-order chi connectivity index (χ0) is 12.6. The van der Waals surface area contributed by atoms with E-state index in [2.05, 4.69) is 17.2 Å². The summed E-state index contributed by atoms with van der Waals surface area (Å²) in [6.07, 6.45) is 3.03. The lowest BCUT2D eigenvalue weighted by atomic mass is 10.1. The maximum Gasteiger partial charge on any atom is 0.315 e. The van der Waals surface area contributed by atoms with Crippen molar-refractivity contribution in [3.8, 4) is 0 Å². The molecule has 0 aromatic heterocycles. The van der Waals surface area contributed by atoms with Crippen LogP contribution in [0.3, 0.4) is 0 Å². The fraction of sp³-hybridized carbons (Fsp3) is 0.636.